The Kier molecular flexibility index (Phi) is 53.8. The number of methoxy groups -OCH3 is 4. The van der Waals surface area contributed by atoms with Crippen molar-refractivity contribution < 1.29 is 180 Å². The molecule has 4 aromatic carbocycles. The summed E-state index contributed by atoms with van der Waals surface area (Å²) in [7, 11) is 5.91. The quantitative estimate of drug-likeness (QED) is 0.0838. The molecule has 40 heteroatoms. The summed E-state index contributed by atoms with van der Waals surface area (Å²) in [5.74, 6) is 0.556. The second-order valence-electron chi connectivity index (χ2n) is 14.8. The minimum atomic E-state index is -1.75. The number of benzene rings is 4. The molecule has 2 aliphatic carbocycles. The largest absolute Gasteiger partial charge is 3.00 e. The van der Waals surface area contributed by atoms with Gasteiger partial charge in [-0.25, -0.2) is 0 Å². The molecule has 2 fully saturated rings. The summed E-state index contributed by atoms with van der Waals surface area (Å²) >= 11 is 0. The van der Waals surface area contributed by atoms with Crippen LogP contribution in [0.1, 0.15) is 73.6 Å². The molecule has 2 radical (unpaired) electrons. The number of hydrogen-bond donors (Lipinski definition) is 0. The first-order chi connectivity index (χ1) is 37.7. The van der Waals surface area contributed by atoms with Crippen LogP contribution in [0, 0.1) is 167 Å². The van der Waals surface area contributed by atoms with Crippen LogP contribution in [0.15, 0.2) is 92.8 Å². The van der Waals surface area contributed by atoms with E-state index in [0.29, 0.717) is 45.3 Å². The van der Waals surface area contributed by atoms with Crippen molar-refractivity contribution in [2.24, 2.45) is 20.0 Å². The Labute approximate surface area is 556 Å². The van der Waals surface area contributed by atoms with Crippen LogP contribution in [0.2, 0.25) is 0 Å². The van der Waals surface area contributed by atoms with Gasteiger partial charge in [-0.1, -0.05) is 97.2 Å². The van der Waals surface area contributed by atoms with Gasteiger partial charge in [0.1, 0.15) is 23.0 Å². The van der Waals surface area contributed by atoms with E-state index in [1.165, 1.54) is 28.4 Å². The molecule has 474 valence electrons. The Hall–Kier alpha value is -7.28. The summed E-state index contributed by atoms with van der Waals surface area (Å²) < 4.78 is 20.3. The summed E-state index contributed by atoms with van der Waals surface area (Å²) in [5.41, 5.74) is 2.01. The number of aliphatic imine (C=N–C) groups is 4. The molecular weight excluding hydrogens is 1540 g/mol. The standard InChI is InChI=1S/2C22H26N2O4.2Cu.2Ho.6NO3/c2*1-27-19-11-5-7-15(21(19)25)13-23-17-9-3-4-10-18(17)24-14-16-8-6-12-20(28-2)22(16)26;;;;;6*2-1(3)4/h2*5-8,11-14,17-18,25-26H,3-4,9-10H2,1-2H3;;;;;;;;;;/q;;2*+2;2*+3;6*-1/p-4/t2*17-,18-;;;;;;;;;;/m11........../s1. The molecule has 36 nitrogen and oxygen atoms in total. The zero-order valence-electron chi connectivity index (χ0n) is 43.5. The van der Waals surface area contributed by atoms with Crippen molar-refractivity contribution in [3.63, 3.8) is 0 Å². The number of hydrogen-bond acceptors (Lipinski definition) is 30. The van der Waals surface area contributed by atoms with Crippen molar-refractivity contribution in [1.29, 1.82) is 0 Å². The summed E-state index contributed by atoms with van der Waals surface area (Å²) in [6.07, 6.45) is 14.4. The van der Waals surface area contributed by atoms with Crippen LogP contribution >= 0.6 is 0 Å². The van der Waals surface area contributed by atoms with Crippen molar-refractivity contribution in [2.75, 3.05) is 28.4 Å². The zero-order chi connectivity index (χ0) is 61.3. The summed E-state index contributed by atoms with van der Waals surface area (Å²) in [6.45, 7) is 0. The summed E-state index contributed by atoms with van der Waals surface area (Å²) in [4.78, 5) is 68.1. The minimum Gasteiger partial charge on any atom is -0.870 e. The molecule has 0 saturated heterocycles. The third kappa shape index (κ3) is 41.7. The molecule has 4 atom stereocenters. The van der Waals surface area contributed by atoms with Crippen molar-refractivity contribution in [3.05, 3.63) is 187 Å². The Morgan fingerprint density at radius 3 is 0.619 bits per heavy atom. The van der Waals surface area contributed by atoms with E-state index in [2.05, 4.69) is 20.0 Å². The maximum atomic E-state index is 12.3. The van der Waals surface area contributed by atoms with Crippen LogP contribution in [0.3, 0.4) is 0 Å². The van der Waals surface area contributed by atoms with Gasteiger partial charge in [-0.2, -0.15) is 0 Å². The smallest absolute Gasteiger partial charge is 0.870 e. The summed E-state index contributed by atoms with van der Waals surface area (Å²) in [6, 6.07) is 20.5. The van der Waals surface area contributed by atoms with Gasteiger partial charge in [0.05, 0.1) is 83.1 Å². The van der Waals surface area contributed by atoms with E-state index >= 15 is 0 Å². The molecule has 0 amide bonds. The van der Waals surface area contributed by atoms with Crippen LogP contribution in [-0.2, 0) is 34.1 Å². The Morgan fingerprint density at radius 1 is 0.345 bits per heavy atom. The van der Waals surface area contributed by atoms with Crippen molar-refractivity contribution >= 4 is 24.9 Å². The monoisotopic (exact) mass is 1590 g/mol. The molecule has 0 unspecified atom stereocenters. The van der Waals surface area contributed by atoms with E-state index in [9.17, 15) is 20.4 Å². The average molecular weight is 1590 g/mol. The molecule has 6 rings (SSSR count). The molecule has 84 heavy (non-hydrogen) atoms. The maximum Gasteiger partial charge on any atom is 3.00 e. The van der Waals surface area contributed by atoms with Gasteiger partial charge < -0.3 is 131 Å². The number of rotatable bonds is 12. The second kappa shape index (κ2) is 51.4. The topological polar surface area (TPSA) is 576 Å². The van der Waals surface area contributed by atoms with Gasteiger partial charge in [0.2, 0.25) is 0 Å². The number of nitrogens with zero attached hydrogens (tertiary/aromatic N) is 10. The first kappa shape index (κ1) is 88.0. The van der Waals surface area contributed by atoms with E-state index in [4.69, 9.17) is 111 Å². The zero-order valence-corrected chi connectivity index (χ0v) is 49.2. The average Bonchev–Trinajstić information content (AvgIpc) is 3.37. The third-order valence-corrected chi connectivity index (χ3v) is 9.93. The minimum absolute atomic E-state index is 0. The van der Waals surface area contributed by atoms with Gasteiger partial charge in [0, 0.05) is 24.9 Å². The van der Waals surface area contributed by atoms with Crippen molar-refractivity contribution in [1.82, 2.24) is 0 Å². The third-order valence-electron chi connectivity index (χ3n) is 9.93. The molecule has 2 aliphatic rings. The van der Waals surface area contributed by atoms with Crippen molar-refractivity contribution in [2.45, 2.75) is 75.5 Å². The normalized spacial score (nSPS) is 15.0. The molecule has 4 aromatic rings. The Bertz CT molecular complexity index is 2300. The van der Waals surface area contributed by atoms with Gasteiger partial charge in [-0.3, -0.25) is 20.0 Å². The van der Waals surface area contributed by atoms with Crippen LogP contribution < -0.4 is 39.4 Å². The van der Waals surface area contributed by atoms with Gasteiger partial charge in [0.15, 0.2) is 0 Å². The Morgan fingerprint density at radius 2 is 0.488 bits per heavy atom. The van der Waals surface area contributed by atoms with Gasteiger partial charge in [-0.05, 0) is 72.2 Å². The van der Waals surface area contributed by atoms with Crippen LogP contribution in [-0.4, -0.2) is 108 Å². The molecular formula is C44H48Cu2Ho2N10O26. The van der Waals surface area contributed by atoms with Crippen molar-refractivity contribution in [3.8, 4) is 46.0 Å². The van der Waals surface area contributed by atoms with Crippen LogP contribution in [0.5, 0.6) is 46.0 Å². The molecule has 0 bridgehead atoms. The van der Waals surface area contributed by atoms with Gasteiger partial charge in [0.25, 0.3) is 0 Å². The fraction of sp³-hybridized carbons (Fsp3) is 0.364. The van der Waals surface area contributed by atoms with E-state index in [0.717, 1.165) is 51.4 Å². The first-order valence-electron chi connectivity index (χ1n) is 22.0. The fourth-order valence-electron chi connectivity index (χ4n) is 6.76. The number of para-hydroxylation sites is 4. The van der Waals surface area contributed by atoms with E-state index < -0.39 is 30.5 Å². The first-order valence-corrected chi connectivity index (χ1v) is 22.0. The fourth-order valence-corrected chi connectivity index (χ4v) is 6.76. The molecule has 0 aliphatic heterocycles. The SMILES string of the molecule is COc1cccc(C=N[C@@H]2CCCC[C@H]2N=Cc2cccc(OC)c2[O-])c1[O-].COc1cccc(C=N[C@@H]2CCCC[C@H]2N=Cc2cccc(OC)c2[O-])c1[O-].O=[N+]([O-])[O-].O=[N+]([O-])[O-].O=[N+]([O-])[O-].O=[N+]([O-])[O-].O=[N+]([O-])[O-].O=[N+]([O-])[O-].[Cu+2].[Cu+2].[Ho+3].[Ho+3]. The number of ether oxygens (including phenoxy) is 4. The summed E-state index contributed by atoms with van der Waals surface area (Å²) in [5, 5.41) is 138. The van der Waals surface area contributed by atoms with Gasteiger partial charge >= 0.3 is 110 Å². The van der Waals surface area contributed by atoms with Crippen LogP contribution in [0.25, 0.3) is 0 Å². The molecule has 2 saturated carbocycles. The van der Waals surface area contributed by atoms with E-state index in [-0.39, 0.29) is 157 Å². The van der Waals surface area contributed by atoms with Gasteiger partial charge in [-0.15, -0.1) is 0 Å². The maximum absolute atomic E-state index is 12.3. The predicted octanol–water partition coefficient (Wildman–Crippen LogP) is 3.96. The molecule has 0 N–H and O–H groups in total. The van der Waals surface area contributed by atoms with Crippen LogP contribution in [0.4, 0.5) is 0 Å². The Balaban J connectivity index is -0.000000253. The molecule has 0 heterocycles. The molecule has 0 spiro atoms. The second-order valence-corrected chi connectivity index (χ2v) is 14.8. The molecule has 0 aromatic heterocycles. The van der Waals surface area contributed by atoms with E-state index in [1.54, 1.807) is 97.7 Å². The predicted molar refractivity (Wildman–Crippen MR) is 274 cm³/mol. The van der Waals surface area contributed by atoms with E-state index in [1.807, 2.05) is 0 Å².